The third-order valence-electron chi connectivity index (χ3n) is 1.000. The Bertz CT molecular complexity index is 11.9. The molecule has 38 valence electrons. The normalized spacial score (nSPS) is 17.0. The van der Waals surface area contributed by atoms with Gasteiger partial charge in [-0.05, 0) is 0 Å². The van der Waals surface area contributed by atoms with Crippen molar-refractivity contribution in [2.45, 2.75) is 25.7 Å². The van der Waals surface area contributed by atoms with Gasteiger partial charge in [-0.3, -0.25) is 4.39 Å². The van der Waals surface area contributed by atoms with Crippen molar-refractivity contribution in [1.82, 2.24) is 0 Å². The quantitative estimate of drug-likeness (QED) is 0.427. The number of hydrogen-bond donors (Lipinski definition) is 0. The smallest absolute Gasteiger partial charge is 0.0785 e. The Labute approximate surface area is 38.4 Å². The molecule has 0 saturated heterocycles. The molecular formula is C5H11F. The third-order valence-corrected chi connectivity index (χ3v) is 1.000. The zero-order valence-electron chi connectivity index (χ0n) is 4.21. The number of alkyl halides is 1. The highest BCUT2D eigenvalue weighted by molar-refractivity contribution is 4.50. The molecule has 1 fully saturated rings. The molecule has 0 radical (unpaired) electrons. The molecule has 6 heavy (non-hydrogen) atoms. The van der Waals surface area contributed by atoms with E-state index < -0.39 is 0 Å². The highest BCUT2D eigenvalue weighted by Crippen LogP contribution is 2.15. The van der Waals surface area contributed by atoms with Crippen molar-refractivity contribution in [3.63, 3.8) is 0 Å². The molecule has 0 aromatic heterocycles. The Morgan fingerprint density at radius 1 is 0.833 bits per heavy atom. The van der Waals surface area contributed by atoms with Gasteiger partial charge in [0.25, 0.3) is 0 Å². The van der Waals surface area contributed by atoms with E-state index >= 15 is 0 Å². The second-order valence-electron chi connectivity index (χ2n) is 1.41. The predicted molar refractivity (Wildman–Crippen MR) is 25.5 cm³/mol. The molecule has 0 amide bonds. The van der Waals surface area contributed by atoms with Gasteiger partial charge in [-0.2, -0.15) is 0 Å². The van der Waals surface area contributed by atoms with E-state index in [9.17, 15) is 4.39 Å². The summed E-state index contributed by atoms with van der Waals surface area (Å²) in [6.45, 7) is 0. The van der Waals surface area contributed by atoms with E-state index in [2.05, 4.69) is 0 Å². The van der Waals surface area contributed by atoms with Crippen LogP contribution in [0.4, 0.5) is 4.39 Å². The fourth-order valence-corrected chi connectivity index (χ4v) is 0.250. The Kier molecular flexibility index (Phi) is 4.87. The summed E-state index contributed by atoms with van der Waals surface area (Å²) >= 11 is 0. The van der Waals surface area contributed by atoms with Crippen LogP contribution < -0.4 is 0 Å². The summed E-state index contributed by atoms with van der Waals surface area (Å²) < 4.78 is 9.50. The molecule has 1 heteroatoms. The van der Waals surface area contributed by atoms with Crippen LogP contribution in [0.1, 0.15) is 25.7 Å². The van der Waals surface area contributed by atoms with E-state index in [1.807, 2.05) is 0 Å². The van der Waals surface area contributed by atoms with E-state index in [-0.39, 0.29) is 0 Å². The number of hydrogen-bond acceptors (Lipinski definition) is 0. The second kappa shape index (κ2) is 4.93. The minimum Gasteiger partial charge on any atom is -0.255 e. The Morgan fingerprint density at radius 2 is 1.00 bits per heavy atom. The molecule has 1 aliphatic rings. The summed E-state index contributed by atoms with van der Waals surface area (Å²) in [4.78, 5) is 0. The second-order valence-corrected chi connectivity index (χ2v) is 1.41. The average Bonchev–Trinajstić information content (AvgIpc) is 1.36. The minimum atomic E-state index is 0.500. The van der Waals surface area contributed by atoms with Gasteiger partial charge in [0.1, 0.15) is 0 Å². The van der Waals surface area contributed by atoms with Gasteiger partial charge in [-0.25, -0.2) is 0 Å². The monoisotopic (exact) mass is 90.1 g/mol. The molecule has 0 bridgehead atoms. The lowest BCUT2D eigenvalue weighted by Crippen LogP contribution is -1.85. The summed E-state index contributed by atoms with van der Waals surface area (Å²) in [7, 11) is 0.500. The maximum absolute atomic E-state index is 9.50. The van der Waals surface area contributed by atoms with Gasteiger partial charge in [-0.1, -0.05) is 25.7 Å². The lowest BCUT2D eigenvalue weighted by Gasteiger charge is -2.05. The molecule has 0 aromatic rings. The molecule has 1 aliphatic carbocycles. The van der Waals surface area contributed by atoms with Gasteiger partial charge in [0.05, 0.1) is 7.18 Å². The summed E-state index contributed by atoms with van der Waals surface area (Å²) in [6.07, 6.45) is 6.00. The SMILES string of the molecule is C1CCC1.CF. The first-order chi connectivity index (χ1) is 3.00. The molecule has 0 aliphatic heterocycles. The van der Waals surface area contributed by atoms with Gasteiger partial charge in [0.15, 0.2) is 0 Å². The van der Waals surface area contributed by atoms with Crippen molar-refractivity contribution in [2.75, 3.05) is 7.18 Å². The molecule has 0 heterocycles. The summed E-state index contributed by atoms with van der Waals surface area (Å²) in [6, 6.07) is 0. The minimum absolute atomic E-state index is 0.500. The Balaban J connectivity index is 0.000000112. The van der Waals surface area contributed by atoms with Crippen LogP contribution in [0.2, 0.25) is 0 Å². The van der Waals surface area contributed by atoms with Crippen LogP contribution in [0.25, 0.3) is 0 Å². The third kappa shape index (κ3) is 2.18. The standard InChI is InChI=1S/C4H8.CH3F/c1-2-4-3-1;1-2/h1-4H2;1H3. The molecule has 1 rings (SSSR count). The van der Waals surface area contributed by atoms with Crippen LogP contribution in [0.3, 0.4) is 0 Å². The summed E-state index contributed by atoms with van der Waals surface area (Å²) in [5, 5.41) is 0. The van der Waals surface area contributed by atoms with E-state index in [1.165, 1.54) is 25.7 Å². The van der Waals surface area contributed by atoms with Crippen LogP contribution in [-0.2, 0) is 0 Å². The molecule has 0 atom stereocenters. The first-order valence-electron chi connectivity index (χ1n) is 2.38. The topological polar surface area (TPSA) is 0 Å². The van der Waals surface area contributed by atoms with Crippen LogP contribution in [-0.4, -0.2) is 7.18 Å². The summed E-state index contributed by atoms with van der Waals surface area (Å²) in [5.41, 5.74) is 0. The Morgan fingerprint density at radius 3 is 1.00 bits per heavy atom. The summed E-state index contributed by atoms with van der Waals surface area (Å²) in [5.74, 6) is 0. The fraction of sp³-hybridized carbons (Fsp3) is 1.00. The number of halogens is 1. The van der Waals surface area contributed by atoms with Crippen LogP contribution >= 0.6 is 0 Å². The van der Waals surface area contributed by atoms with Gasteiger partial charge < -0.3 is 0 Å². The maximum Gasteiger partial charge on any atom is 0.0785 e. The lowest BCUT2D eigenvalue weighted by molar-refractivity contribution is 0.504. The molecule has 1 saturated carbocycles. The largest absolute Gasteiger partial charge is 0.255 e. The van der Waals surface area contributed by atoms with E-state index in [0.717, 1.165) is 0 Å². The molecule has 0 nitrogen and oxygen atoms in total. The van der Waals surface area contributed by atoms with E-state index in [1.54, 1.807) is 0 Å². The van der Waals surface area contributed by atoms with Crippen molar-refractivity contribution in [1.29, 1.82) is 0 Å². The van der Waals surface area contributed by atoms with Crippen molar-refractivity contribution in [2.24, 2.45) is 0 Å². The van der Waals surface area contributed by atoms with Crippen molar-refractivity contribution in [3.05, 3.63) is 0 Å². The number of rotatable bonds is 0. The highest BCUT2D eigenvalue weighted by Gasteiger charge is 1.95. The van der Waals surface area contributed by atoms with Gasteiger partial charge in [0.2, 0.25) is 0 Å². The molecule has 0 aromatic carbocycles. The zero-order valence-corrected chi connectivity index (χ0v) is 4.21. The van der Waals surface area contributed by atoms with Crippen LogP contribution in [0, 0.1) is 0 Å². The van der Waals surface area contributed by atoms with Crippen molar-refractivity contribution >= 4 is 0 Å². The zero-order chi connectivity index (χ0) is 4.83. The van der Waals surface area contributed by atoms with Gasteiger partial charge in [-0.15, -0.1) is 0 Å². The van der Waals surface area contributed by atoms with Gasteiger partial charge in [0, 0.05) is 0 Å². The molecule has 0 unspecified atom stereocenters. The molecule has 0 N–H and O–H groups in total. The Hall–Kier alpha value is -0.0700. The average molecular weight is 90.1 g/mol. The maximum atomic E-state index is 9.50. The van der Waals surface area contributed by atoms with Gasteiger partial charge >= 0.3 is 0 Å². The first kappa shape index (κ1) is 5.93. The lowest BCUT2D eigenvalue weighted by atomic mass is 10.0. The highest BCUT2D eigenvalue weighted by atomic mass is 19.1. The molecular weight excluding hydrogens is 79.1 g/mol. The predicted octanol–water partition coefficient (Wildman–Crippen LogP) is 2.15. The van der Waals surface area contributed by atoms with E-state index in [4.69, 9.17) is 0 Å². The van der Waals surface area contributed by atoms with Crippen molar-refractivity contribution in [3.8, 4) is 0 Å². The van der Waals surface area contributed by atoms with Crippen LogP contribution in [0.5, 0.6) is 0 Å². The van der Waals surface area contributed by atoms with E-state index in [0.29, 0.717) is 7.18 Å². The fourth-order valence-electron chi connectivity index (χ4n) is 0.250. The van der Waals surface area contributed by atoms with Crippen LogP contribution in [0.15, 0.2) is 0 Å². The first-order valence-corrected chi connectivity index (χ1v) is 2.38. The van der Waals surface area contributed by atoms with Crippen molar-refractivity contribution < 1.29 is 4.39 Å². The molecule has 0 spiro atoms.